The number of hydrogen-bond donors (Lipinski definition) is 0. The fourth-order valence-corrected chi connectivity index (χ4v) is 4.98. The number of allylic oxidation sites excluding steroid dienone is 14. The molecule has 0 amide bonds. The summed E-state index contributed by atoms with van der Waals surface area (Å²) in [7, 11) is 0. The van der Waals surface area contributed by atoms with Gasteiger partial charge in [0.2, 0.25) is 0 Å². The van der Waals surface area contributed by atoms with E-state index in [1.54, 1.807) is 0 Å². The fraction of sp³-hybridized carbons (Fsp3) is 0.278. The van der Waals surface area contributed by atoms with E-state index in [9.17, 15) is 0 Å². The van der Waals surface area contributed by atoms with E-state index in [-0.39, 0.29) is 0 Å². The molecule has 4 aliphatic carbocycles. The topological polar surface area (TPSA) is 0 Å². The standard InChI is InChI=1S/C28H20.4C2H6/c1-2-10-19(9-1)27-23-15-7-5-13-21(23)17-25(27)26-18-22-14-6-8-16-24(22)28(26)20-11-3-4-12-20;4*1-2/h1-16H,17-18H2;4*1-2H3/b26-25+;;;;. The van der Waals surface area contributed by atoms with Crippen LogP contribution in [-0.2, 0) is 12.8 Å². The predicted octanol–water partition coefficient (Wildman–Crippen LogP) is 10.7. The lowest BCUT2D eigenvalue weighted by Gasteiger charge is -2.13. The second-order valence-electron chi connectivity index (χ2n) is 7.72. The minimum atomic E-state index is 1.02. The van der Waals surface area contributed by atoms with Gasteiger partial charge in [-0.25, -0.2) is 0 Å². The molecule has 0 aliphatic heterocycles. The average Bonchev–Trinajstić information content (AvgIpc) is 3.77. The molecule has 188 valence electrons. The van der Waals surface area contributed by atoms with Crippen LogP contribution < -0.4 is 0 Å². The molecule has 0 unspecified atom stereocenters. The summed E-state index contributed by atoms with van der Waals surface area (Å²) >= 11 is 0. The molecule has 4 aliphatic rings. The van der Waals surface area contributed by atoms with Crippen LogP contribution in [0.25, 0.3) is 11.1 Å². The van der Waals surface area contributed by atoms with Crippen LogP contribution in [0.1, 0.15) is 77.6 Å². The second-order valence-corrected chi connectivity index (χ2v) is 7.72. The molecule has 0 bridgehead atoms. The van der Waals surface area contributed by atoms with Crippen molar-refractivity contribution in [3.63, 3.8) is 0 Å². The number of rotatable bonds is 0. The lowest BCUT2D eigenvalue weighted by atomic mass is 9.90. The van der Waals surface area contributed by atoms with Gasteiger partial charge >= 0.3 is 0 Å². The molecule has 0 nitrogen and oxygen atoms in total. The number of hydrogen-bond acceptors (Lipinski definition) is 0. The van der Waals surface area contributed by atoms with E-state index >= 15 is 0 Å². The Hall–Kier alpha value is -3.38. The summed E-state index contributed by atoms with van der Waals surface area (Å²) in [5.74, 6) is 0. The first-order chi connectivity index (χ1) is 17.9. The molecule has 6 rings (SSSR count). The third-order valence-electron chi connectivity index (χ3n) is 6.18. The maximum absolute atomic E-state index is 2.29. The smallest absolute Gasteiger partial charge is 0.00102 e. The summed E-state index contributed by atoms with van der Waals surface area (Å²) in [5.41, 5.74) is 14.2. The van der Waals surface area contributed by atoms with Crippen molar-refractivity contribution in [1.29, 1.82) is 0 Å². The molecule has 0 N–H and O–H groups in total. The van der Waals surface area contributed by atoms with E-state index < -0.39 is 0 Å². The van der Waals surface area contributed by atoms with Crippen LogP contribution in [0.5, 0.6) is 0 Å². The van der Waals surface area contributed by atoms with Gasteiger partial charge in [-0.2, -0.15) is 0 Å². The molecule has 0 aromatic heterocycles. The first kappa shape index (κ1) is 28.9. The van der Waals surface area contributed by atoms with Gasteiger partial charge in [-0.3, -0.25) is 0 Å². The van der Waals surface area contributed by atoms with E-state index in [0.29, 0.717) is 0 Å². The monoisotopic (exact) mass is 476 g/mol. The molecule has 0 spiro atoms. The molecule has 0 saturated heterocycles. The van der Waals surface area contributed by atoms with Gasteiger partial charge in [0.25, 0.3) is 0 Å². The lowest BCUT2D eigenvalue weighted by Crippen LogP contribution is -1.95. The molecule has 2 aromatic carbocycles. The minimum Gasteiger partial charge on any atom is -0.0683 e. The number of fused-ring (bicyclic) bond motifs is 2. The Labute approximate surface area is 220 Å². The molecule has 0 heterocycles. The quantitative estimate of drug-likeness (QED) is 0.355. The highest BCUT2D eigenvalue weighted by atomic mass is 14.3. The van der Waals surface area contributed by atoms with E-state index in [1.807, 2.05) is 55.4 Å². The van der Waals surface area contributed by atoms with Gasteiger partial charge in [-0.05, 0) is 68.5 Å². The molecule has 36 heavy (non-hydrogen) atoms. The summed E-state index contributed by atoms with van der Waals surface area (Å²) < 4.78 is 0. The molecule has 0 radical (unpaired) electrons. The van der Waals surface area contributed by atoms with E-state index in [1.165, 1.54) is 55.7 Å². The van der Waals surface area contributed by atoms with Gasteiger partial charge in [0.15, 0.2) is 0 Å². The predicted molar refractivity (Wildman–Crippen MR) is 163 cm³/mol. The Morgan fingerprint density at radius 1 is 0.417 bits per heavy atom. The van der Waals surface area contributed by atoms with Gasteiger partial charge in [0.05, 0.1) is 0 Å². The number of benzene rings is 2. The van der Waals surface area contributed by atoms with Crippen molar-refractivity contribution in [3.8, 4) is 0 Å². The Balaban J connectivity index is 0.000000523. The van der Waals surface area contributed by atoms with Crippen LogP contribution in [0, 0.1) is 0 Å². The first-order valence-electron chi connectivity index (χ1n) is 14.0. The highest BCUT2D eigenvalue weighted by molar-refractivity contribution is 5.99. The van der Waals surface area contributed by atoms with Gasteiger partial charge in [-0.15, -0.1) is 0 Å². The molecular formula is C36H44. The Bertz CT molecular complexity index is 1110. The Morgan fingerprint density at radius 3 is 1.06 bits per heavy atom. The third kappa shape index (κ3) is 5.71. The maximum atomic E-state index is 2.29. The van der Waals surface area contributed by atoms with Gasteiger partial charge in [-0.1, -0.05) is 153 Å². The maximum Gasteiger partial charge on any atom is -0.00102 e. The highest BCUT2D eigenvalue weighted by Gasteiger charge is 2.32. The summed E-state index contributed by atoms with van der Waals surface area (Å²) in [6.07, 6.45) is 19.6. The molecule has 0 saturated carbocycles. The van der Waals surface area contributed by atoms with Gasteiger partial charge in [0.1, 0.15) is 0 Å². The van der Waals surface area contributed by atoms with Crippen molar-refractivity contribution in [1.82, 2.24) is 0 Å². The van der Waals surface area contributed by atoms with E-state index in [0.717, 1.165) is 12.8 Å². The van der Waals surface area contributed by atoms with Gasteiger partial charge < -0.3 is 0 Å². The van der Waals surface area contributed by atoms with Gasteiger partial charge in [0, 0.05) is 0 Å². The van der Waals surface area contributed by atoms with Crippen LogP contribution in [0.4, 0.5) is 0 Å². The minimum absolute atomic E-state index is 1.02. The van der Waals surface area contributed by atoms with Crippen molar-refractivity contribution in [3.05, 3.63) is 142 Å². The molecule has 0 atom stereocenters. The van der Waals surface area contributed by atoms with Crippen LogP contribution in [-0.4, -0.2) is 0 Å². The first-order valence-corrected chi connectivity index (χ1v) is 14.0. The largest absolute Gasteiger partial charge is 0.0683 e. The fourth-order valence-electron chi connectivity index (χ4n) is 4.98. The zero-order valence-corrected chi connectivity index (χ0v) is 23.7. The summed E-state index contributed by atoms with van der Waals surface area (Å²) in [4.78, 5) is 0. The Morgan fingerprint density at radius 2 is 0.722 bits per heavy atom. The highest BCUT2D eigenvalue weighted by Crippen LogP contribution is 2.49. The van der Waals surface area contributed by atoms with Crippen molar-refractivity contribution >= 4 is 11.1 Å². The summed E-state index contributed by atoms with van der Waals surface area (Å²) in [6, 6.07) is 17.8. The summed E-state index contributed by atoms with van der Waals surface area (Å²) in [5, 5.41) is 0. The zero-order chi connectivity index (χ0) is 26.5. The van der Waals surface area contributed by atoms with Crippen LogP contribution in [0.3, 0.4) is 0 Å². The van der Waals surface area contributed by atoms with Crippen LogP contribution >= 0.6 is 0 Å². The van der Waals surface area contributed by atoms with E-state index in [2.05, 4.69) is 97.1 Å². The third-order valence-corrected chi connectivity index (χ3v) is 6.18. The van der Waals surface area contributed by atoms with Crippen LogP contribution in [0.15, 0.2) is 119 Å². The SMILES string of the molecule is C1=CC(=C2/C(=C3\Cc4ccccc4C3=C3C=CC=C3)Cc3ccccc32)C=C1.CC.CC.CC.CC. The van der Waals surface area contributed by atoms with E-state index in [4.69, 9.17) is 0 Å². The molecule has 2 aromatic rings. The molecular weight excluding hydrogens is 432 g/mol. The molecule has 0 fully saturated rings. The average molecular weight is 477 g/mol. The summed E-state index contributed by atoms with van der Waals surface area (Å²) in [6.45, 7) is 16.0. The normalized spacial score (nSPS) is 17.3. The van der Waals surface area contributed by atoms with Crippen molar-refractivity contribution < 1.29 is 0 Å². The lowest BCUT2D eigenvalue weighted by molar-refractivity contribution is 1.18. The Kier molecular flexibility index (Phi) is 11.9. The molecule has 0 heteroatoms. The zero-order valence-electron chi connectivity index (χ0n) is 23.7. The van der Waals surface area contributed by atoms with Crippen molar-refractivity contribution in [2.45, 2.75) is 68.2 Å². The van der Waals surface area contributed by atoms with Crippen molar-refractivity contribution in [2.24, 2.45) is 0 Å². The van der Waals surface area contributed by atoms with Crippen molar-refractivity contribution in [2.75, 3.05) is 0 Å². The van der Waals surface area contributed by atoms with Crippen LogP contribution in [0.2, 0.25) is 0 Å². The second kappa shape index (κ2) is 14.9.